The minimum Gasteiger partial charge on any atom is -0.480 e. The summed E-state index contributed by atoms with van der Waals surface area (Å²) < 4.78 is 0. The van der Waals surface area contributed by atoms with E-state index in [1.165, 1.54) is 0 Å². The Morgan fingerprint density at radius 3 is 2.63 bits per heavy atom. The van der Waals surface area contributed by atoms with Gasteiger partial charge in [-0.3, -0.25) is 4.79 Å². The molecule has 4 N–H and O–H groups in total. The number of carbonyl (C=O) groups is 3. The van der Waals surface area contributed by atoms with Crippen molar-refractivity contribution in [1.29, 1.82) is 0 Å². The van der Waals surface area contributed by atoms with Gasteiger partial charge in [-0.15, -0.1) is 0 Å². The summed E-state index contributed by atoms with van der Waals surface area (Å²) in [6, 6.07) is -1.45. The maximum atomic E-state index is 11.9. The molecule has 7 nitrogen and oxygen atoms in total. The second-order valence-electron chi connectivity index (χ2n) is 4.85. The van der Waals surface area contributed by atoms with Crippen LogP contribution >= 0.6 is 0 Å². The molecule has 2 atom stereocenters. The molecule has 0 saturated carbocycles. The first-order chi connectivity index (χ1) is 8.93. The van der Waals surface area contributed by atoms with Gasteiger partial charge in [-0.05, 0) is 18.8 Å². The van der Waals surface area contributed by atoms with Crippen molar-refractivity contribution in [3.63, 3.8) is 0 Å². The predicted octanol–water partition coefficient (Wildman–Crippen LogP) is 0.147. The lowest BCUT2D eigenvalue weighted by Crippen LogP contribution is -2.47. The maximum absolute atomic E-state index is 11.9. The van der Waals surface area contributed by atoms with Crippen LogP contribution in [0.2, 0.25) is 0 Å². The van der Waals surface area contributed by atoms with Crippen LogP contribution in [0.15, 0.2) is 0 Å². The van der Waals surface area contributed by atoms with Crippen LogP contribution in [0.4, 0.5) is 4.79 Å². The third-order valence-corrected chi connectivity index (χ3v) is 3.43. The molecule has 19 heavy (non-hydrogen) atoms. The first-order valence-electron chi connectivity index (χ1n) is 6.50. The van der Waals surface area contributed by atoms with Crippen LogP contribution in [0.5, 0.6) is 0 Å². The Kier molecular flexibility index (Phi) is 5.59. The van der Waals surface area contributed by atoms with E-state index in [9.17, 15) is 14.4 Å². The van der Waals surface area contributed by atoms with Crippen LogP contribution < -0.4 is 11.1 Å². The molecule has 0 radical (unpaired) electrons. The zero-order valence-electron chi connectivity index (χ0n) is 11.1. The van der Waals surface area contributed by atoms with Gasteiger partial charge in [0.15, 0.2) is 0 Å². The van der Waals surface area contributed by atoms with E-state index < -0.39 is 17.9 Å². The fourth-order valence-electron chi connectivity index (χ4n) is 2.13. The fraction of sp³-hybridized carbons (Fsp3) is 0.750. The van der Waals surface area contributed by atoms with Gasteiger partial charge in [-0.1, -0.05) is 13.3 Å². The number of carboxylic acid groups (broad SMARTS) is 1. The molecule has 1 heterocycles. The number of aliphatic carboxylic acids is 1. The van der Waals surface area contributed by atoms with Gasteiger partial charge in [0.1, 0.15) is 6.04 Å². The van der Waals surface area contributed by atoms with Crippen LogP contribution in [-0.2, 0) is 9.59 Å². The van der Waals surface area contributed by atoms with Gasteiger partial charge in [-0.2, -0.15) is 0 Å². The van der Waals surface area contributed by atoms with Gasteiger partial charge in [-0.25, -0.2) is 9.59 Å². The van der Waals surface area contributed by atoms with E-state index >= 15 is 0 Å². The number of carbonyl (C=O) groups excluding carboxylic acids is 2. The molecule has 2 unspecified atom stereocenters. The van der Waals surface area contributed by atoms with E-state index in [2.05, 4.69) is 12.2 Å². The third kappa shape index (κ3) is 4.76. The normalized spacial score (nSPS) is 20.1. The second-order valence-corrected chi connectivity index (χ2v) is 4.85. The number of hydrogen-bond acceptors (Lipinski definition) is 3. The average Bonchev–Trinajstić information content (AvgIpc) is 2.82. The highest BCUT2D eigenvalue weighted by molar-refractivity contribution is 5.83. The van der Waals surface area contributed by atoms with Crippen molar-refractivity contribution < 1.29 is 19.5 Å². The Bertz CT molecular complexity index is 359. The molecule has 3 amide bonds. The number of rotatable bonds is 6. The summed E-state index contributed by atoms with van der Waals surface area (Å²) >= 11 is 0. The SMILES string of the molecule is CCC1CCN(C(=O)NC(CCC(N)=O)C(=O)O)C1. The van der Waals surface area contributed by atoms with Crippen LogP contribution in [-0.4, -0.2) is 47.0 Å². The quantitative estimate of drug-likeness (QED) is 0.638. The molecule has 0 aromatic heterocycles. The monoisotopic (exact) mass is 271 g/mol. The third-order valence-electron chi connectivity index (χ3n) is 3.43. The summed E-state index contributed by atoms with van der Waals surface area (Å²) in [7, 11) is 0. The van der Waals surface area contributed by atoms with Crippen molar-refractivity contribution in [2.45, 2.75) is 38.6 Å². The van der Waals surface area contributed by atoms with Crippen molar-refractivity contribution in [2.24, 2.45) is 11.7 Å². The number of carboxylic acids is 1. The first kappa shape index (κ1) is 15.3. The zero-order valence-corrected chi connectivity index (χ0v) is 11.1. The van der Waals surface area contributed by atoms with E-state index in [4.69, 9.17) is 10.8 Å². The number of urea groups is 1. The van der Waals surface area contributed by atoms with Crippen molar-refractivity contribution >= 4 is 17.9 Å². The van der Waals surface area contributed by atoms with Crippen molar-refractivity contribution in [3.8, 4) is 0 Å². The van der Waals surface area contributed by atoms with Crippen LogP contribution in [0.1, 0.15) is 32.6 Å². The molecule has 7 heteroatoms. The molecular formula is C12H21N3O4. The van der Waals surface area contributed by atoms with Gasteiger partial charge in [0.25, 0.3) is 0 Å². The summed E-state index contributed by atoms with van der Waals surface area (Å²) in [5, 5.41) is 11.4. The Morgan fingerprint density at radius 1 is 1.47 bits per heavy atom. The summed E-state index contributed by atoms with van der Waals surface area (Å²) in [4.78, 5) is 35.2. The lowest BCUT2D eigenvalue weighted by molar-refractivity contribution is -0.139. The number of primary amides is 1. The van der Waals surface area contributed by atoms with E-state index in [1.807, 2.05) is 0 Å². The number of nitrogens with two attached hydrogens (primary N) is 1. The summed E-state index contributed by atoms with van der Waals surface area (Å²) in [6.45, 7) is 3.37. The molecule has 0 aromatic carbocycles. The van der Waals surface area contributed by atoms with E-state index in [0.29, 0.717) is 19.0 Å². The lowest BCUT2D eigenvalue weighted by atomic mass is 10.1. The summed E-state index contributed by atoms with van der Waals surface area (Å²) in [6.07, 6.45) is 1.91. The van der Waals surface area contributed by atoms with Crippen LogP contribution in [0.3, 0.4) is 0 Å². The van der Waals surface area contributed by atoms with Gasteiger partial charge in [0, 0.05) is 19.5 Å². The molecule has 0 bridgehead atoms. The van der Waals surface area contributed by atoms with Gasteiger partial charge < -0.3 is 21.1 Å². The van der Waals surface area contributed by atoms with Gasteiger partial charge in [0.05, 0.1) is 0 Å². The average molecular weight is 271 g/mol. The van der Waals surface area contributed by atoms with Crippen molar-refractivity contribution in [2.75, 3.05) is 13.1 Å². The molecule has 1 fully saturated rings. The Labute approximate surface area is 112 Å². The Balaban J connectivity index is 2.47. The molecule has 0 spiro atoms. The zero-order chi connectivity index (χ0) is 14.4. The number of nitrogens with zero attached hydrogens (tertiary/aromatic N) is 1. The minimum atomic E-state index is -1.15. The van der Waals surface area contributed by atoms with E-state index in [-0.39, 0.29) is 18.9 Å². The number of amides is 3. The molecule has 0 aromatic rings. The summed E-state index contributed by atoms with van der Waals surface area (Å²) in [5.41, 5.74) is 4.98. The second kappa shape index (κ2) is 6.96. The highest BCUT2D eigenvalue weighted by atomic mass is 16.4. The highest BCUT2D eigenvalue weighted by Crippen LogP contribution is 2.19. The topological polar surface area (TPSA) is 113 Å². The largest absolute Gasteiger partial charge is 0.480 e. The van der Waals surface area contributed by atoms with Crippen LogP contribution in [0.25, 0.3) is 0 Å². The van der Waals surface area contributed by atoms with Crippen molar-refractivity contribution in [3.05, 3.63) is 0 Å². The molecule has 1 aliphatic rings. The standard InChI is InChI=1S/C12H21N3O4/c1-2-8-5-6-15(7-8)12(19)14-9(11(17)18)3-4-10(13)16/h8-9H,2-7H2,1H3,(H2,13,16)(H,14,19)(H,17,18). The number of hydrogen-bond donors (Lipinski definition) is 3. The molecular weight excluding hydrogens is 250 g/mol. The van der Waals surface area contributed by atoms with Gasteiger partial charge in [0.2, 0.25) is 5.91 Å². The molecule has 0 aliphatic carbocycles. The van der Waals surface area contributed by atoms with E-state index in [0.717, 1.165) is 12.8 Å². The number of nitrogens with one attached hydrogen (secondary N) is 1. The fourth-order valence-corrected chi connectivity index (χ4v) is 2.13. The van der Waals surface area contributed by atoms with Gasteiger partial charge >= 0.3 is 12.0 Å². The van der Waals surface area contributed by atoms with Crippen molar-refractivity contribution in [1.82, 2.24) is 10.2 Å². The smallest absolute Gasteiger partial charge is 0.326 e. The highest BCUT2D eigenvalue weighted by Gasteiger charge is 2.28. The Hall–Kier alpha value is -1.79. The molecule has 1 saturated heterocycles. The van der Waals surface area contributed by atoms with Crippen LogP contribution in [0, 0.1) is 5.92 Å². The lowest BCUT2D eigenvalue weighted by Gasteiger charge is -2.20. The Morgan fingerprint density at radius 2 is 2.16 bits per heavy atom. The molecule has 108 valence electrons. The first-order valence-corrected chi connectivity index (χ1v) is 6.50. The summed E-state index contributed by atoms with van der Waals surface area (Å²) in [5.74, 6) is -1.24. The molecule has 1 aliphatic heterocycles. The maximum Gasteiger partial charge on any atom is 0.326 e. The van der Waals surface area contributed by atoms with E-state index in [1.54, 1.807) is 4.90 Å². The number of likely N-dealkylation sites (tertiary alicyclic amines) is 1. The minimum absolute atomic E-state index is 0.0153. The predicted molar refractivity (Wildman–Crippen MR) is 68.4 cm³/mol. The molecule has 1 rings (SSSR count).